The molecule has 0 aliphatic heterocycles. The second-order valence-corrected chi connectivity index (χ2v) is 5.07. The molecule has 0 fully saturated rings. The minimum Gasteiger partial charge on any atom is -0.252 e. The van der Waals surface area contributed by atoms with Gasteiger partial charge < -0.3 is 0 Å². The molecular weight excluding hydrogens is 190 g/mol. The van der Waals surface area contributed by atoms with Gasteiger partial charge in [-0.3, -0.25) is 4.21 Å². The first-order valence-corrected chi connectivity index (χ1v) is 5.72. The number of thiophene rings is 1. The second kappa shape index (κ2) is 4.39. The summed E-state index contributed by atoms with van der Waals surface area (Å²) in [7, 11) is -1.13. The van der Waals surface area contributed by atoms with E-state index in [1.807, 2.05) is 24.4 Å². The van der Waals surface area contributed by atoms with Gasteiger partial charge in [-0.15, -0.1) is 11.3 Å². The van der Waals surface area contributed by atoms with Gasteiger partial charge in [0.1, 0.15) is 5.25 Å². The summed E-state index contributed by atoms with van der Waals surface area (Å²) < 4.78 is 12.4. The van der Waals surface area contributed by atoms with Crippen molar-refractivity contribution in [1.29, 1.82) is 5.26 Å². The molecule has 1 rings (SSSR count). The Labute approximate surface area is 78.3 Å². The number of nitrogens with zero attached hydrogens (tertiary/aromatic N) is 1. The van der Waals surface area contributed by atoms with Crippen molar-refractivity contribution >= 4 is 22.1 Å². The SMILES string of the molecule is CCC(C#N)S(=O)c1cccs1. The first kappa shape index (κ1) is 9.43. The molecule has 2 nitrogen and oxygen atoms in total. The molecule has 0 bridgehead atoms. The van der Waals surface area contributed by atoms with E-state index in [0.29, 0.717) is 6.42 Å². The fourth-order valence-corrected chi connectivity index (χ4v) is 3.04. The van der Waals surface area contributed by atoms with Crippen molar-refractivity contribution in [2.24, 2.45) is 0 Å². The minimum atomic E-state index is -1.13. The van der Waals surface area contributed by atoms with Gasteiger partial charge in [-0.25, -0.2) is 0 Å². The lowest BCUT2D eigenvalue weighted by Crippen LogP contribution is -2.10. The molecule has 0 aliphatic carbocycles. The maximum absolute atomic E-state index is 11.6. The Morgan fingerprint density at radius 3 is 3.00 bits per heavy atom. The summed E-state index contributed by atoms with van der Waals surface area (Å²) in [5, 5.41) is 10.2. The van der Waals surface area contributed by atoms with Gasteiger partial charge in [0.25, 0.3) is 0 Å². The average Bonchev–Trinajstić information content (AvgIpc) is 2.58. The topological polar surface area (TPSA) is 40.9 Å². The Morgan fingerprint density at radius 2 is 2.58 bits per heavy atom. The quantitative estimate of drug-likeness (QED) is 0.748. The van der Waals surface area contributed by atoms with Crippen LogP contribution in [-0.4, -0.2) is 9.46 Å². The van der Waals surface area contributed by atoms with E-state index in [2.05, 4.69) is 0 Å². The van der Waals surface area contributed by atoms with Crippen molar-refractivity contribution in [2.45, 2.75) is 22.8 Å². The molecule has 2 unspecified atom stereocenters. The molecule has 4 heteroatoms. The van der Waals surface area contributed by atoms with Gasteiger partial charge in [0.05, 0.1) is 21.1 Å². The lowest BCUT2D eigenvalue weighted by molar-refractivity contribution is 0.677. The van der Waals surface area contributed by atoms with Crippen molar-refractivity contribution in [3.8, 4) is 6.07 Å². The van der Waals surface area contributed by atoms with Crippen molar-refractivity contribution in [3.63, 3.8) is 0 Å². The van der Waals surface area contributed by atoms with Crippen molar-refractivity contribution in [2.75, 3.05) is 0 Å². The molecule has 0 amide bonds. The summed E-state index contributed by atoms with van der Waals surface area (Å²) in [4.78, 5) is 0. The molecule has 0 aliphatic rings. The summed E-state index contributed by atoms with van der Waals surface area (Å²) in [6.07, 6.45) is 0.640. The lowest BCUT2D eigenvalue weighted by atomic mass is 10.4. The van der Waals surface area contributed by atoms with Crippen LogP contribution in [0.15, 0.2) is 21.7 Å². The molecule has 0 saturated heterocycles. The van der Waals surface area contributed by atoms with Crippen LogP contribution in [0.1, 0.15) is 13.3 Å². The van der Waals surface area contributed by atoms with Crippen LogP contribution in [0.25, 0.3) is 0 Å². The highest BCUT2D eigenvalue weighted by atomic mass is 32.2. The third-order valence-corrected chi connectivity index (χ3v) is 4.40. The van der Waals surface area contributed by atoms with Crippen LogP contribution in [0, 0.1) is 11.3 Å². The third kappa shape index (κ3) is 1.93. The third-order valence-electron chi connectivity index (χ3n) is 1.47. The monoisotopic (exact) mass is 199 g/mol. The number of rotatable bonds is 3. The molecule has 0 aromatic carbocycles. The predicted octanol–water partition coefficient (Wildman–Crippen LogP) is 2.16. The number of hydrogen-bond acceptors (Lipinski definition) is 3. The summed E-state index contributed by atoms with van der Waals surface area (Å²) in [5.41, 5.74) is 0. The molecule has 1 aromatic heterocycles. The van der Waals surface area contributed by atoms with Gasteiger partial charge in [0, 0.05) is 0 Å². The Balaban J connectivity index is 2.79. The van der Waals surface area contributed by atoms with E-state index in [9.17, 15) is 4.21 Å². The standard InChI is InChI=1S/C8H9NOS2/c1-2-7(6-9)12(10)8-4-3-5-11-8/h3-5,7H,2H2,1H3. The van der Waals surface area contributed by atoms with Crippen LogP contribution in [-0.2, 0) is 10.8 Å². The van der Waals surface area contributed by atoms with E-state index in [1.165, 1.54) is 11.3 Å². The lowest BCUT2D eigenvalue weighted by Gasteiger charge is -2.02. The first-order chi connectivity index (χ1) is 5.79. The Hall–Kier alpha value is -0.660. The molecule has 0 N–H and O–H groups in total. The van der Waals surface area contributed by atoms with Gasteiger partial charge >= 0.3 is 0 Å². The Morgan fingerprint density at radius 1 is 1.83 bits per heavy atom. The van der Waals surface area contributed by atoms with Crippen LogP contribution < -0.4 is 0 Å². The highest BCUT2D eigenvalue weighted by Crippen LogP contribution is 2.18. The zero-order valence-corrected chi connectivity index (χ0v) is 8.32. The van der Waals surface area contributed by atoms with E-state index in [4.69, 9.17) is 5.26 Å². The summed E-state index contributed by atoms with van der Waals surface area (Å²) in [6, 6.07) is 5.70. The average molecular weight is 199 g/mol. The number of hydrogen-bond donors (Lipinski definition) is 0. The summed E-state index contributed by atoms with van der Waals surface area (Å²) in [6.45, 7) is 1.87. The summed E-state index contributed by atoms with van der Waals surface area (Å²) >= 11 is 1.44. The molecule has 12 heavy (non-hydrogen) atoms. The van der Waals surface area contributed by atoms with E-state index < -0.39 is 10.8 Å². The smallest absolute Gasteiger partial charge is 0.127 e. The highest BCUT2D eigenvalue weighted by Gasteiger charge is 2.15. The zero-order valence-electron chi connectivity index (χ0n) is 6.69. The van der Waals surface area contributed by atoms with Gasteiger partial charge in [0.15, 0.2) is 0 Å². The maximum Gasteiger partial charge on any atom is 0.127 e. The molecule has 0 saturated carbocycles. The minimum absolute atomic E-state index is 0.358. The summed E-state index contributed by atoms with van der Waals surface area (Å²) in [5.74, 6) is 0. The molecule has 64 valence electrons. The normalized spacial score (nSPS) is 15.0. The van der Waals surface area contributed by atoms with Crippen LogP contribution >= 0.6 is 11.3 Å². The van der Waals surface area contributed by atoms with E-state index in [0.717, 1.165) is 4.21 Å². The number of nitriles is 1. The van der Waals surface area contributed by atoms with Crippen molar-refractivity contribution in [1.82, 2.24) is 0 Å². The molecule has 0 radical (unpaired) electrons. The second-order valence-electron chi connectivity index (χ2n) is 2.26. The van der Waals surface area contributed by atoms with Crippen molar-refractivity contribution < 1.29 is 4.21 Å². The van der Waals surface area contributed by atoms with Crippen LogP contribution in [0.3, 0.4) is 0 Å². The van der Waals surface area contributed by atoms with Gasteiger partial charge in [-0.05, 0) is 17.9 Å². The van der Waals surface area contributed by atoms with Crippen LogP contribution in [0.2, 0.25) is 0 Å². The van der Waals surface area contributed by atoms with E-state index >= 15 is 0 Å². The molecule has 1 heterocycles. The molecule has 0 spiro atoms. The molecular formula is C8H9NOS2. The molecule has 1 aromatic rings. The van der Waals surface area contributed by atoms with E-state index in [1.54, 1.807) is 6.07 Å². The highest BCUT2D eigenvalue weighted by molar-refractivity contribution is 7.88. The fraction of sp³-hybridized carbons (Fsp3) is 0.375. The zero-order chi connectivity index (χ0) is 8.97. The molecule has 2 atom stereocenters. The maximum atomic E-state index is 11.6. The first-order valence-electron chi connectivity index (χ1n) is 3.63. The largest absolute Gasteiger partial charge is 0.252 e. The van der Waals surface area contributed by atoms with Gasteiger partial charge in [0.2, 0.25) is 0 Å². The van der Waals surface area contributed by atoms with E-state index in [-0.39, 0.29) is 5.25 Å². The van der Waals surface area contributed by atoms with Crippen LogP contribution in [0.4, 0.5) is 0 Å². The van der Waals surface area contributed by atoms with Gasteiger partial charge in [-0.2, -0.15) is 5.26 Å². The Bertz CT molecular complexity index is 299. The Kier molecular flexibility index (Phi) is 3.45. The van der Waals surface area contributed by atoms with Crippen molar-refractivity contribution in [3.05, 3.63) is 17.5 Å². The predicted molar refractivity (Wildman–Crippen MR) is 50.4 cm³/mol. The van der Waals surface area contributed by atoms with Gasteiger partial charge in [-0.1, -0.05) is 13.0 Å². The fourth-order valence-electron chi connectivity index (χ4n) is 0.809. The van der Waals surface area contributed by atoms with Crippen LogP contribution in [0.5, 0.6) is 0 Å².